The van der Waals surface area contributed by atoms with E-state index in [0.717, 1.165) is 11.3 Å². The van der Waals surface area contributed by atoms with Gasteiger partial charge >= 0.3 is 7.12 Å². The zero-order valence-corrected chi connectivity index (χ0v) is 11.9. The molecule has 0 saturated carbocycles. The molecule has 100 valence electrons. The summed E-state index contributed by atoms with van der Waals surface area (Å²) in [6.45, 7) is 8.58. The van der Waals surface area contributed by atoms with Crippen LogP contribution in [0, 0.1) is 12.3 Å². The van der Waals surface area contributed by atoms with Gasteiger partial charge in [-0.25, -0.2) is 4.98 Å². The van der Waals surface area contributed by atoms with E-state index in [1.165, 1.54) is 0 Å². The molecule has 0 aliphatic carbocycles. The Hall–Kier alpha value is -1.51. The van der Waals surface area contributed by atoms with Crippen LogP contribution >= 0.6 is 0 Å². The summed E-state index contributed by atoms with van der Waals surface area (Å²) >= 11 is 0. The van der Waals surface area contributed by atoms with Gasteiger partial charge in [0.05, 0.1) is 17.7 Å². The predicted molar refractivity (Wildman–Crippen MR) is 77.3 cm³/mol. The van der Waals surface area contributed by atoms with Crippen molar-refractivity contribution < 1.29 is 9.31 Å². The second kappa shape index (κ2) is 4.88. The Bertz CT molecular complexity index is 492. The molecule has 0 radical (unpaired) electrons. The summed E-state index contributed by atoms with van der Waals surface area (Å²) in [4.78, 5) is 4.20. The van der Waals surface area contributed by atoms with Gasteiger partial charge in [-0.05, 0) is 45.3 Å². The second-order valence-corrected chi connectivity index (χ2v) is 5.62. The molecule has 1 saturated heterocycles. The highest BCUT2D eigenvalue weighted by Gasteiger charge is 2.51. The largest absolute Gasteiger partial charge is 0.495 e. The topological polar surface area (TPSA) is 43.4 Å². The number of rotatable bonds is 3. The van der Waals surface area contributed by atoms with Gasteiger partial charge in [-0.1, -0.05) is 5.92 Å². The van der Waals surface area contributed by atoms with E-state index in [4.69, 9.17) is 15.7 Å². The van der Waals surface area contributed by atoms with Crippen LogP contribution in [0.2, 0.25) is 0 Å². The number of aromatic nitrogens is 1. The van der Waals surface area contributed by atoms with E-state index in [0.29, 0.717) is 6.54 Å². The molecule has 1 fully saturated rings. The highest BCUT2D eigenvalue weighted by atomic mass is 16.7. The Morgan fingerprint density at radius 1 is 1.32 bits per heavy atom. The Morgan fingerprint density at radius 2 is 1.95 bits per heavy atom. The number of pyridine rings is 1. The van der Waals surface area contributed by atoms with Crippen molar-refractivity contribution in [2.45, 2.75) is 38.9 Å². The van der Waals surface area contributed by atoms with E-state index in [1.807, 2.05) is 39.8 Å². The van der Waals surface area contributed by atoms with Crippen LogP contribution in [0.3, 0.4) is 0 Å². The average Bonchev–Trinajstić information content (AvgIpc) is 2.56. The lowest BCUT2D eigenvalue weighted by molar-refractivity contribution is 0.00578. The zero-order chi connectivity index (χ0) is 14.1. The summed E-state index contributed by atoms with van der Waals surface area (Å²) in [5, 5.41) is 3.04. The SMILES string of the molecule is C#CCNc1cc(B2OC(C)(C)C(C)(C)O2)ccn1. The van der Waals surface area contributed by atoms with E-state index in [1.54, 1.807) is 6.20 Å². The highest BCUT2D eigenvalue weighted by molar-refractivity contribution is 6.62. The van der Waals surface area contributed by atoms with Crippen molar-refractivity contribution in [3.8, 4) is 12.3 Å². The normalized spacial score (nSPS) is 20.1. The quantitative estimate of drug-likeness (QED) is 0.658. The maximum atomic E-state index is 5.99. The van der Waals surface area contributed by atoms with Gasteiger partial charge in [0.25, 0.3) is 0 Å². The van der Waals surface area contributed by atoms with Crippen molar-refractivity contribution in [3.63, 3.8) is 0 Å². The number of anilines is 1. The van der Waals surface area contributed by atoms with Crippen LogP contribution < -0.4 is 10.8 Å². The second-order valence-electron chi connectivity index (χ2n) is 5.62. The molecule has 1 aromatic heterocycles. The first kappa shape index (κ1) is 13.9. The van der Waals surface area contributed by atoms with Crippen molar-refractivity contribution in [1.29, 1.82) is 0 Å². The predicted octanol–water partition coefficient (Wildman–Crippen LogP) is 1.43. The minimum Gasteiger partial charge on any atom is -0.399 e. The van der Waals surface area contributed by atoms with Crippen LogP contribution in [0.1, 0.15) is 27.7 Å². The molecular weight excluding hydrogens is 239 g/mol. The minimum absolute atomic E-state index is 0.340. The number of nitrogens with zero attached hydrogens (tertiary/aromatic N) is 1. The lowest BCUT2D eigenvalue weighted by Crippen LogP contribution is -2.41. The Kier molecular flexibility index (Phi) is 3.57. The maximum absolute atomic E-state index is 5.99. The van der Waals surface area contributed by atoms with Crippen LogP contribution in [0.4, 0.5) is 5.82 Å². The summed E-state index contributed by atoms with van der Waals surface area (Å²) < 4.78 is 12.0. The first-order valence-corrected chi connectivity index (χ1v) is 6.35. The molecule has 1 aromatic rings. The first-order chi connectivity index (χ1) is 8.86. The number of terminal acetylenes is 1. The van der Waals surface area contributed by atoms with Gasteiger partial charge in [0.1, 0.15) is 5.82 Å². The third-order valence-corrected chi connectivity index (χ3v) is 3.68. The van der Waals surface area contributed by atoms with Crippen LogP contribution in [0.5, 0.6) is 0 Å². The smallest absolute Gasteiger partial charge is 0.399 e. The van der Waals surface area contributed by atoms with Crippen molar-refractivity contribution in [3.05, 3.63) is 18.3 Å². The average molecular weight is 258 g/mol. The standard InChI is InChI=1S/C14H19BN2O2/c1-6-8-16-12-10-11(7-9-17-12)15-18-13(2,3)14(4,5)19-15/h1,7,9-10H,8H2,2-5H3,(H,16,17). The Morgan fingerprint density at radius 3 is 2.53 bits per heavy atom. The molecule has 0 spiro atoms. The fraction of sp³-hybridized carbons (Fsp3) is 0.500. The molecule has 1 N–H and O–H groups in total. The van der Waals surface area contributed by atoms with Crippen molar-refractivity contribution in [2.24, 2.45) is 0 Å². The van der Waals surface area contributed by atoms with Crippen molar-refractivity contribution in [1.82, 2.24) is 4.98 Å². The van der Waals surface area contributed by atoms with Crippen LogP contribution in [-0.2, 0) is 9.31 Å². The molecule has 5 heteroatoms. The van der Waals surface area contributed by atoms with Gasteiger partial charge < -0.3 is 14.6 Å². The summed E-state index contributed by atoms with van der Waals surface area (Å²) in [7, 11) is -0.376. The van der Waals surface area contributed by atoms with Crippen molar-refractivity contribution in [2.75, 3.05) is 11.9 Å². The zero-order valence-electron chi connectivity index (χ0n) is 11.9. The fourth-order valence-electron chi connectivity index (χ4n) is 1.81. The third kappa shape index (κ3) is 2.75. The van der Waals surface area contributed by atoms with Gasteiger partial charge in [0, 0.05) is 6.20 Å². The van der Waals surface area contributed by atoms with E-state index >= 15 is 0 Å². The van der Waals surface area contributed by atoms with Crippen LogP contribution in [0.25, 0.3) is 0 Å². The fourth-order valence-corrected chi connectivity index (χ4v) is 1.81. The summed E-state index contributed by atoms with van der Waals surface area (Å²) in [5.74, 6) is 3.24. The molecule has 1 aliphatic heterocycles. The van der Waals surface area contributed by atoms with E-state index in [2.05, 4.69) is 16.2 Å². The molecule has 0 atom stereocenters. The first-order valence-electron chi connectivity index (χ1n) is 6.35. The molecule has 0 aromatic carbocycles. The van der Waals surface area contributed by atoms with Crippen LogP contribution in [0.15, 0.2) is 18.3 Å². The number of hydrogen-bond acceptors (Lipinski definition) is 4. The van der Waals surface area contributed by atoms with Gasteiger partial charge in [0.2, 0.25) is 0 Å². The molecule has 0 bridgehead atoms. The molecule has 4 nitrogen and oxygen atoms in total. The number of nitrogens with one attached hydrogen (secondary N) is 1. The van der Waals surface area contributed by atoms with Gasteiger partial charge in [0.15, 0.2) is 0 Å². The maximum Gasteiger partial charge on any atom is 0.495 e. The molecule has 1 aliphatic rings. The lowest BCUT2D eigenvalue weighted by Gasteiger charge is -2.32. The highest BCUT2D eigenvalue weighted by Crippen LogP contribution is 2.36. The summed E-state index contributed by atoms with van der Waals surface area (Å²) in [5.41, 5.74) is 0.258. The summed E-state index contributed by atoms with van der Waals surface area (Å²) in [6, 6.07) is 3.79. The molecule has 0 amide bonds. The molecule has 2 heterocycles. The monoisotopic (exact) mass is 258 g/mol. The molecule has 2 rings (SSSR count). The van der Waals surface area contributed by atoms with Crippen molar-refractivity contribution >= 4 is 18.4 Å². The van der Waals surface area contributed by atoms with Gasteiger partial charge in [-0.2, -0.15) is 0 Å². The van der Waals surface area contributed by atoms with E-state index in [-0.39, 0.29) is 18.3 Å². The molecule has 0 unspecified atom stereocenters. The Balaban J connectivity index is 2.18. The minimum atomic E-state index is -0.376. The van der Waals surface area contributed by atoms with Crippen LogP contribution in [-0.4, -0.2) is 29.8 Å². The van der Waals surface area contributed by atoms with E-state index in [9.17, 15) is 0 Å². The number of hydrogen-bond donors (Lipinski definition) is 1. The lowest BCUT2D eigenvalue weighted by atomic mass is 9.80. The summed E-state index contributed by atoms with van der Waals surface area (Å²) in [6.07, 6.45) is 6.94. The van der Waals surface area contributed by atoms with E-state index < -0.39 is 0 Å². The third-order valence-electron chi connectivity index (χ3n) is 3.68. The van der Waals surface area contributed by atoms with Gasteiger partial charge in [-0.15, -0.1) is 6.42 Å². The van der Waals surface area contributed by atoms with Gasteiger partial charge in [-0.3, -0.25) is 0 Å². The molecule has 19 heavy (non-hydrogen) atoms. The molecular formula is C14H19BN2O2. The Labute approximate surface area is 115 Å².